The molecule has 2 atom stereocenters. The molecule has 0 radical (unpaired) electrons. The van der Waals surface area contributed by atoms with Gasteiger partial charge in [-0.25, -0.2) is 0 Å². The van der Waals surface area contributed by atoms with Gasteiger partial charge in [-0.15, -0.1) is 0 Å². The van der Waals surface area contributed by atoms with Gasteiger partial charge in [-0.1, -0.05) is 37.3 Å². The number of benzene rings is 1. The molecule has 0 N–H and O–H groups in total. The maximum Gasteiger partial charge on any atom is 0.248 e. The molecule has 2 rings (SSSR count). The van der Waals surface area contributed by atoms with Crippen LogP contribution in [0.25, 0.3) is 0 Å². The van der Waals surface area contributed by atoms with E-state index in [-0.39, 0.29) is 12.5 Å². The lowest BCUT2D eigenvalue weighted by Gasteiger charge is -2.37. The van der Waals surface area contributed by atoms with Gasteiger partial charge in [0, 0.05) is 20.2 Å². The van der Waals surface area contributed by atoms with Crippen molar-refractivity contribution in [3.05, 3.63) is 35.9 Å². The first-order valence-electron chi connectivity index (χ1n) is 7.61. The number of ether oxygens (including phenoxy) is 2. The molecule has 1 aromatic carbocycles. The summed E-state index contributed by atoms with van der Waals surface area (Å²) < 4.78 is 10.2. The number of carbonyl (C=O) groups is 1. The molecule has 0 unspecified atom stereocenters. The second kappa shape index (κ2) is 8.15. The van der Waals surface area contributed by atoms with Gasteiger partial charge in [0.1, 0.15) is 6.61 Å². The summed E-state index contributed by atoms with van der Waals surface area (Å²) in [5.41, 5.74) is 1.38. The van der Waals surface area contributed by atoms with Crippen molar-refractivity contribution in [2.45, 2.75) is 19.3 Å². The summed E-state index contributed by atoms with van der Waals surface area (Å²) >= 11 is 0. The Labute approximate surface area is 127 Å². The van der Waals surface area contributed by atoms with Crippen LogP contribution < -0.4 is 0 Å². The maximum absolute atomic E-state index is 12.1. The summed E-state index contributed by atoms with van der Waals surface area (Å²) in [6.45, 7) is 5.01. The number of hydrogen-bond donors (Lipinski definition) is 0. The lowest BCUT2D eigenvalue weighted by atomic mass is 9.81. The fraction of sp³-hybridized carbons (Fsp3) is 0.588. The standard InChI is InChI=1S/C17H25NO3/c1-14-12-18(17(19)13-21-11-10-20-2)9-8-16(14)15-6-4-3-5-7-15/h3-7,14,16H,8-13H2,1-2H3/t14-,16+/m0/s1. The Hall–Kier alpha value is -1.39. The van der Waals surface area contributed by atoms with Crippen molar-refractivity contribution in [3.63, 3.8) is 0 Å². The molecule has 0 spiro atoms. The van der Waals surface area contributed by atoms with Gasteiger partial charge < -0.3 is 14.4 Å². The quantitative estimate of drug-likeness (QED) is 0.755. The molecular formula is C17H25NO3. The van der Waals surface area contributed by atoms with Crippen LogP contribution in [0.15, 0.2) is 30.3 Å². The van der Waals surface area contributed by atoms with Gasteiger partial charge in [-0.05, 0) is 23.8 Å². The van der Waals surface area contributed by atoms with Gasteiger partial charge in [0.15, 0.2) is 0 Å². The van der Waals surface area contributed by atoms with Gasteiger partial charge in [-0.3, -0.25) is 4.79 Å². The highest BCUT2D eigenvalue weighted by Crippen LogP contribution is 2.32. The van der Waals surface area contributed by atoms with E-state index < -0.39 is 0 Å². The third kappa shape index (κ3) is 4.55. The van der Waals surface area contributed by atoms with Crippen molar-refractivity contribution >= 4 is 5.91 Å². The first kappa shape index (κ1) is 16.0. The molecule has 4 heteroatoms. The van der Waals surface area contributed by atoms with Crippen LogP contribution in [-0.4, -0.2) is 50.8 Å². The highest BCUT2D eigenvalue weighted by Gasteiger charge is 2.29. The van der Waals surface area contributed by atoms with Gasteiger partial charge in [0.25, 0.3) is 0 Å². The predicted octanol–water partition coefficient (Wildman–Crippen LogP) is 2.30. The Kier molecular flexibility index (Phi) is 6.21. The van der Waals surface area contributed by atoms with E-state index in [0.29, 0.717) is 25.0 Å². The topological polar surface area (TPSA) is 38.8 Å². The third-order valence-electron chi connectivity index (χ3n) is 4.14. The molecule has 116 valence electrons. The van der Waals surface area contributed by atoms with Crippen molar-refractivity contribution in [1.29, 1.82) is 0 Å². The number of piperidine rings is 1. The fourth-order valence-corrected chi connectivity index (χ4v) is 2.96. The Balaban J connectivity index is 1.81. The molecule has 1 amide bonds. The third-order valence-corrected chi connectivity index (χ3v) is 4.14. The number of amides is 1. The van der Waals surface area contributed by atoms with Crippen LogP contribution in [0, 0.1) is 5.92 Å². The van der Waals surface area contributed by atoms with Crippen LogP contribution in [0.1, 0.15) is 24.8 Å². The predicted molar refractivity (Wildman–Crippen MR) is 82.2 cm³/mol. The SMILES string of the molecule is COCCOCC(=O)N1CC[C@@H](c2ccccc2)[C@@H](C)C1. The molecule has 0 aromatic heterocycles. The van der Waals surface area contributed by atoms with Gasteiger partial charge in [-0.2, -0.15) is 0 Å². The Morgan fingerprint density at radius 1 is 1.29 bits per heavy atom. The summed E-state index contributed by atoms with van der Waals surface area (Å²) in [4.78, 5) is 14.0. The van der Waals surface area contributed by atoms with Gasteiger partial charge >= 0.3 is 0 Å². The fourth-order valence-electron chi connectivity index (χ4n) is 2.96. The average molecular weight is 291 g/mol. The zero-order valence-electron chi connectivity index (χ0n) is 13.0. The molecule has 1 fully saturated rings. The van der Waals surface area contributed by atoms with Gasteiger partial charge in [0.05, 0.1) is 13.2 Å². The van der Waals surface area contributed by atoms with E-state index >= 15 is 0 Å². The van der Waals surface area contributed by atoms with Crippen molar-refractivity contribution < 1.29 is 14.3 Å². The lowest BCUT2D eigenvalue weighted by molar-refractivity contribution is -0.138. The van der Waals surface area contributed by atoms with Crippen molar-refractivity contribution in [2.24, 2.45) is 5.92 Å². The largest absolute Gasteiger partial charge is 0.382 e. The van der Waals surface area contributed by atoms with Crippen LogP contribution >= 0.6 is 0 Å². The normalized spacial score (nSPS) is 22.3. The van der Waals surface area contributed by atoms with Crippen LogP contribution in [-0.2, 0) is 14.3 Å². The first-order valence-corrected chi connectivity index (χ1v) is 7.61. The van der Waals surface area contributed by atoms with Crippen LogP contribution in [0.5, 0.6) is 0 Å². The van der Waals surface area contributed by atoms with E-state index in [9.17, 15) is 4.79 Å². The highest BCUT2D eigenvalue weighted by atomic mass is 16.5. The number of rotatable bonds is 6. The number of carbonyl (C=O) groups excluding carboxylic acids is 1. The minimum atomic E-state index is 0.0875. The molecule has 0 bridgehead atoms. The number of methoxy groups -OCH3 is 1. The van der Waals surface area contributed by atoms with E-state index in [2.05, 4.69) is 31.2 Å². The molecule has 0 saturated carbocycles. The monoisotopic (exact) mass is 291 g/mol. The van der Waals surface area contributed by atoms with Crippen molar-refractivity contribution in [1.82, 2.24) is 4.90 Å². The zero-order chi connectivity index (χ0) is 15.1. The summed E-state index contributed by atoms with van der Waals surface area (Å²) in [5.74, 6) is 1.11. The minimum absolute atomic E-state index is 0.0875. The zero-order valence-corrected chi connectivity index (χ0v) is 13.0. The average Bonchev–Trinajstić information content (AvgIpc) is 2.52. The Morgan fingerprint density at radius 3 is 2.71 bits per heavy atom. The minimum Gasteiger partial charge on any atom is -0.382 e. The molecule has 0 aliphatic carbocycles. The maximum atomic E-state index is 12.1. The number of hydrogen-bond acceptors (Lipinski definition) is 3. The van der Waals surface area contributed by atoms with E-state index in [1.165, 1.54) is 5.56 Å². The summed E-state index contributed by atoms with van der Waals surface area (Å²) in [5, 5.41) is 0. The molecule has 1 aromatic rings. The highest BCUT2D eigenvalue weighted by molar-refractivity contribution is 5.77. The summed E-state index contributed by atoms with van der Waals surface area (Å²) in [7, 11) is 1.63. The summed E-state index contributed by atoms with van der Waals surface area (Å²) in [6.07, 6.45) is 1.02. The van der Waals surface area contributed by atoms with Crippen molar-refractivity contribution in [2.75, 3.05) is 40.0 Å². The second-order valence-electron chi connectivity index (χ2n) is 5.67. The number of likely N-dealkylation sites (tertiary alicyclic amines) is 1. The molecular weight excluding hydrogens is 266 g/mol. The molecule has 4 nitrogen and oxygen atoms in total. The van der Waals surface area contributed by atoms with E-state index in [1.54, 1.807) is 7.11 Å². The molecule has 21 heavy (non-hydrogen) atoms. The number of nitrogens with zero attached hydrogens (tertiary/aromatic N) is 1. The van der Waals surface area contributed by atoms with E-state index in [4.69, 9.17) is 9.47 Å². The second-order valence-corrected chi connectivity index (χ2v) is 5.67. The smallest absolute Gasteiger partial charge is 0.248 e. The van der Waals surface area contributed by atoms with Crippen LogP contribution in [0.2, 0.25) is 0 Å². The molecule has 1 saturated heterocycles. The Morgan fingerprint density at radius 2 is 2.05 bits per heavy atom. The molecule has 1 aliphatic heterocycles. The summed E-state index contributed by atoms with van der Waals surface area (Å²) in [6, 6.07) is 10.6. The molecule has 1 aliphatic rings. The van der Waals surface area contributed by atoms with E-state index in [0.717, 1.165) is 19.5 Å². The Bertz CT molecular complexity index is 435. The van der Waals surface area contributed by atoms with Gasteiger partial charge in [0.2, 0.25) is 5.91 Å². The lowest BCUT2D eigenvalue weighted by Crippen LogP contribution is -2.43. The van der Waals surface area contributed by atoms with Crippen molar-refractivity contribution in [3.8, 4) is 0 Å². The van der Waals surface area contributed by atoms with Crippen LogP contribution in [0.3, 0.4) is 0 Å². The molecule has 1 heterocycles. The van der Waals surface area contributed by atoms with E-state index in [1.807, 2.05) is 11.0 Å². The first-order chi connectivity index (χ1) is 10.2. The van der Waals surface area contributed by atoms with Crippen LogP contribution in [0.4, 0.5) is 0 Å².